The SMILES string of the molecule is O=C(NC1CN(C(=O)c2ccccc2)CCCC1OC(=O)c1cc(O)c(C(=O)c2c(O)cccc2C(=O)O)c(OC(=O)c2ccccc2)c1)c1ccc(O)cc1. The van der Waals surface area contributed by atoms with E-state index in [4.69, 9.17) is 9.47 Å². The molecule has 0 aliphatic carbocycles. The standard InChI is InChI=1S/C42H34N2O12/c45-28-18-16-24(17-19-28)38(49)43-30-23-44(39(50)25-9-3-1-4-10-25)20-8-15-33(30)55-42(54)27-21-32(47)36(34(22-27)56-41(53)26-11-5-2-6-12-26)37(48)35-29(40(51)52)13-7-14-31(35)46/h1-7,9-14,16-19,21-22,30,33,45-47H,8,15,20,23H2,(H,43,49)(H,51,52). The molecule has 284 valence electrons. The van der Waals surface area contributed by atoms with Crippen molar-refractivity contribution in [3.05, 3.63) is 154 Å². The first-order valence-electron chi connectivity index (χ1n) is 17.3. The summed E-state index contributed by atoms with van der Waals surface area (Å²) >= 11 is 0. The molecule has 2 unspecified atom stereocenters. The second-order valence-corrected chi connectivity index (χ2v) is 12.8. The van der Waals surface area contributed by atoms with Crippen LogP contribution in [0.25, 0.3) is 0 Å². The van der Waals surface area contributed by atoms with Gasteiger partial charge in [-0.05, 0) is 85.6 Å². The summed E-state index contributed by atoms with van der Waals surface area (Å²) in [5.74, 6) is -8.08. The van der Waals surface area contributed by atoms with Gasteiger partial charge in [-0.3, -0.25) is 14.4 Å². The number of amides is 2. The highest BCUT2D eigenvalue weighted by Gasteiger charge is 2.35. The van der Waals surface area contributed by atoms with Gasteiger partial charge >= 0.3 is 17.9 Å². The van der Waals surface area contributed by atoms with Gasteiger partial charge in [-0.2, -0.15) is 0 Å². The molecule has 1 heterocycles. The topological polar surface area (TPSA) is 217 Å². The molecule has 5 aromatic rings. The van der Waals surface area contributed by atoms with Crippen molar-refractivity contribution >= 4 is 35.5 Å². The Bertz CT molecular complexity index is 2310. The van der Waals surface area contributed by atoms with E-state index in [-0.39, 0.29) is 42.3 Å². The Hall–Kier alpha value is -7.48. The summed E-state index contributed by atoms with van der Waals surface area (Å²) in [5.41, 5.74) is -1.80. The van der Waals surface area contributed by atoms with Gasteiger partial charge in [-0.1, -0.05) is 42.5 Å². The number of phenols is 3. The normalized spacial score (nSPS) is 15.2. The summed E-state index contributed by atoms with van der Waals surface area (Å²) in [7, 11) is 0. The maximum Gasteiger partial charge on any atom is 0.343 e. The number of rotatable bonds is 10. The zero-order valence-corrected chi connectivity index (χ0v) is 29.5. The largest absolute Gasteiger partial charge is 0.508 e. The summed E-state index contributed by atoms with van der Waals surface area (Å²) in [5, 5.41) is 44.1. The molecule has 0 saturated carbocycles. The molecule has 1 aliphatic rings. The molecule has 1 aliphatic heterocycles. The van der Waals surface area contributed by atoms with Crippen molar-refractivity contribution in [2.45, 2.75) is 25.0 Å². The molecular formula is C42H34N2O12. The first kappa shape index (κ1) is 38.3. The van der Waals surface area contributed by atoms with E-state index in [0.29, 0.717) is 12.0 Å². The van der Waals surface area contributed by atoms with E-state index in [2.05, 4.69) is 5.32 Å². The highest BCUT2D eigenvalue weighted by molar-refractivity contribution is 6.19. The smallest absolute Gasteiger partial charge is 0.343 e. The molecule has 0 spiro atoms. The van der Waals surface area contributed by atoms with Crippen LogP contribution in [0.4, 0.5) is 0 Å². The van der Waals surface area contributed by atoms with Crippen molar-refractivity contribution in [1.82, 2.24) is 10.2 Å². The Morgan fingerprint density at radius 2 is 1.32 bits per heavy atom. The zero-order valence-electron chi connectivity index (χ0n) is 29.5. The number of benzene rings is 5. The van der Waals surface area contributed by atoms with Crippen molar-refractivity contribution in [2.75, 3.05) is 13.1 Å². The van der Waals surface area contributed by atoms with Gasteiger partial charge in [0.05, 0.1) is 28.3 Å². The highest BCUT2D eigenvalue weighted by atomic mass is 16.5. The third kappa shape index (κ3) is 8.50. The molecule has 2 amide bonds. The lowest BCUT2D eigenvalue weighted by atomic mass is 9.95. The van der Waals surface area contributed by atoms with Crippen molar-refractivity contribution in [3.63, 3.8) is 0 Å². The number of nitrogens with zero attached hydrogens (tertiary/aromatic N) is 1. The number of carboxylic acid groups (broad SMARTS) is 1. The molecule has 1 fully saturated rings. The number of hydrogen-bond acceptors (Lipinski definition) is 11. The van der Waals surface area contributed by atoms with E-state index >= 15 is 0 Å². The predicted molar refractivity (Wildman–Crippen MR) is 198 cm³/mol. The van der Waals surface area contributed by atoms with Crippen LogP contribution in [0.15, 0.2) is 115 Å². The van der Waals surface area contributed by atoms with E-state index in [0.717, 1.165) is 24.3 Å². The molecule has 5 N–H and O–H groups in total. The number of likely N-dealkylation sites (tertiary alicyclic amines) is 1. The van der Waals surface area contributed by atoms with Gasteiger partial charge in [-0.25, -0.2) is 14.4 Å². The third-order valence-electron chi connectivity index (χ3n) is 9.05. The number of ether oxygens (including phenoxy) is 2. The third-order valence-corrected chi connectivity index (χ3v) is 9.05. The molecule has 56 heavy (non-hydrogen) atoms. The van der Waals surface area contributed by atoms with Crippen molar-refractivity contribution in [3.8, 4) is 23.0 Å². The number of hydrogen-bond donors (Lipinski definition) is 5. The van der Waals surface area contributed by atoms with Crippen LogP contribution in [0, 0.1) is 0 Å². The van der Waals surface area contributed by atoms with Crippen LogP contribution in [-0.4, -0.2) is 86.1 Å². The summed E-state index contributed by atoms with van der Waals surface area (Å²) in [6.07, 6.45) is -0.517. The van der Waals surface area contributed by atoms with Crippen LogP contribution in [-0.2, 0) is 4.74 Å². The monoisotopic (exact) mass is 758 g/mol. The maximum atomic E-state index is 13.9. The minimum atomic E-state index is -1.56. The number of carbonyl (C=O) groups is 6. The highest BCUT2D eigenvalue weighted by Crippen LogP contribution is 2.36. The molecule has 14 heteroatoms. The van der Waals surface area contributed by atoms with Crippen molar-refractivity contribution < 1.29 is 58.7 Å². The lowest BCUT2D eigenvalue weighted by Gasteiger charge is -2.29. The van der Waals surface area contributed by atoms with Gasteiger partial charge in [0.25, 0.3) is 11.8 Å². The van der Waals surface area contributed by atoms with Gasteiger partial charge in [0.1, 0.15) is 34.7 Å². The quantitative estimate of drug-likeness (QED) is 0.0705. The fourth-order valence-corrected chi connectivity index (χ4v) is 6.27. The number of esters is 2. The summed E-state index contributed by atoms with van der Waals surface area (Å²) < 4.78 is 11.5. The van der Waals surface area contributed by atoms with Crippen LogP contribution in [0.5, 0.6) is 23.0 Å². The van der Waals surface area contributed by atoms with Crippen LogP contribution < -0.4 is 10.1 Å². The Morgan fingerprint density at radius 1 is 0.661 bits per heavy atom. The predicted octanol–water partition coefficient (Wildman–Crippen LogP) is 5.21. The first-order chi connectivity index (χ1) is 26.9. The summed E-state index contributed by atoms with van der Waals surface area (Å²) in [6.45, 7) is 0.190. The van der Waals surface area contributed by atoms with E-state index in [1.54, 1.807) is 48.5 Å². The minimum absolute atomic E-state index is 0.0347. The van der Waals surface area contributed by atoms with E-state index in [1.165, 1.54) is 47.4 Å². The van der Waals surface area contributed by atoms with E-state index in [1.807, 2.05) is 0 Å². The Labute approximate surface area is 319 Å². The summed E-state index contributed by atoms with van der Waals surface area (Å²) in [4.78, 5) is 81.4. The van der Waals surface area contributed by atoms with Crippen molar-refractivity contribution in [1.29, 1.82) is 0 Å². The molecule has 2 atom stereocenters. The number of carboxylic acids is 1. The van der Waals surface area contributed by atoms with Crippen molar-refractivity contribution in [2.24, 2.45) is 0 Å². The molecule has 5 aromatic carbocycles. The molecule has 0 aromatic heterocycles. The minimum Gasteiger partial charge on any atom is -0.508 e. The number of carbonyl (C=O) groups excluding carboxylic acids is 5. The zero-order chi connectivity index (χ0) is 39.9. The molecule has 0 radical (unpaired) electrons. The van der Waals surface area contributed by atoms with Crippen LogP contribution in [0.3, 0.4) is 0 Å². The number of aromatic carboxylic acids is 1. The average molecular weight is 759 g/mol. The first-order valence-corrected chi connectivity index (χ1v) is 17.3. The van der Waals surface area contributed by atoms with E-state index in [9.17, 15) is 49.2 Å². The molecule has 1 saturated heterocycles. The van der Waals surface area contributed by atoms with Crippen LogP contribution in [0.2, 0.25) is 0 Å². The van der Waals surface area contributed by atoms with Gasteiger partial charge < -0.3 is 40.1 Å². The number of phenolic OH excluding ortho intramolecular Hbond substituents is 3. The fraction of sp³-hybridized carbons (Fsp3) is 0.143. The second-order valence-electron chi connectivity index (χ2n) is 12.8. The number of aromatic hydroxyl groups is 3. The molecule has 6 rings (SSSR count). The average Bonchev–Trinajstić information content (AvgIpc) is 3.39. The second kappa shape index (κ2) is 16.7. The maximum absolute atomic E-state index is 13.9. The molecule has 14 nitrogen and oxygen atoms in total. The Morgan fingerprint density at radius 3 is 1.98 bits per heavy atom. The Balaban J connectivity index is 1.35. The van der Waals surface area contributed by atoms with Crippen LogP contribution in [0.1, 0.15) is 80.6 Å². The van der Waals surface area contributed by atoms with E-state index < -0.39 is 81.2 Å². The van der Waals surface area contributed by atoms with Gasteiger partial charge in [-0.15, -0.1) is 0 Å². The number of nitrogens with one attached hydrogen (secondary N) is 1. The fourth-order valence-electron chi connectivity index (χ4n) is 6.27. The lowest BCUT2D eigenvalue weighted by molar-refractivity contribution is 0.0176. The lowest BCUT2D eigenvalue weighted by Crippen LogP contribution is -2.51. The van der Waals surface area contributed by atoms with Gasteiger partial charge in [0.2, 0.25) is 5.78 Å². The number of ketones is 1. The Kier molecular flexibility index (Phi) is 11.4. The van der Waals surface area contributed by atoms with Gasteiger partial charge in [0, 0.05) is 24.2 Å². The van der Waals surface area contributed by atoms with Gasteiger partial charge in [0.15, 0.2) is 0 Å². The molecular weight excluding hydrogens is 724 g/mol. The van der Waals surface area contributed by atoms with Crippen LogP contribution >= 0.6 is 0 Å². The molecule has 0 bridgehead atoms. The summed E-state index contributed by atoms with van der Waals surface area (Å²) in [6, 6.07) is 25.7.